The Balaban J connectivity index is 0. The molecule has 1 aromatic carbocycles. The van der Waals surface area contributed by atoms with Crippen molar-refractivity contribution in [3.05, 3.63) is 59.7 Å². The van der Waals surface area contributed by atoms with Gasteiger partial charge in [-0.15, -0.1) is 6.58 Å². The molecular formula is C22H34O. The van der Waals surface area contributed by atoms with Crippen LogP contribution in [0.2, 0.25) is 0 Å². The Kier molecular flexibility index (Phi) is 15.3. The van der Waals surface area contributed by atoms with Gasteiger partial charge in [0.15, 0.2) is 0 Å². The summed E-state index contributed by atoms with van der Waals surface area (Å²) in [4.78, 5) is 10.6. The molecule has 0 N–H and O–H groups in total. The van der Waals surface area contributed by atoms with Crippen LogP contribution in [0.5, 0.6) is 0 Å². The number of carbonyl (C=O) groups excluding carboxylic acids is 1. The van der Waals surface area contributed by atoms with Crippen molar-refractivity contribution in [2.24, 2.45) is 0 Å². The molecule has 0 aliphatic heterocycles. The summed E-state index contributed by atoms with van der Waals surface area (Å²) in [7, 11) is 0. The maximum atomic E-state index is 10.6. The lowest BCUT2D eigenvalue weighted by atomic mass is 9.91. The lowest BCUT2D eigenvalue weighted by Crippen LogP contribution is -1.96. The van der Waals surface area contributed by atoms with E-state index in [0.717, 1.165) is 12.0 Å². The summed E-state index contributed by atoms with van der Waals surface area (Å²) in [6, 6.07) is 6.14. The van der Waals surface area contributed by atoms with E-state index in [-0.39, 0.29) is 0 Å². The second-order valence-corrected chi connectivity index (χ2v) is 5.60. The van der Waals surface area contributed by atoms with Crippen LogP contribution >= 0.6 is 0 Å². The van der Waals surface area contributed by atoms with Gasteiger partial charge in [-0.1, -0.05) is 63.6 Å². The SMILES string of the molecule is C/C=C/C.C=CCC(C)c1ccc(C(C)=C=O)cc1C.CCC. The largest absolute Gasteiger partial charge is 0.233 e. The molecule has 1 atom stereocenters. The summed E-state index contributed by atoms with van der Waals surface area (Å²) in [5.74, 6) is 2.41. The quantitative estimate of drug-likeness (QED) is 0.436. The molecule has 0 aliphatic rings. The molecule has 1 aromatic rings. The molecule has 128 valence electrons. The van der Waals surface area contributed by atoms with Crippen LogP contribution in [0.4, 0.5) is 0 Å². The molecule has 0 bridgehead atoms. The van der Waals surface area contributed by atoms with Gasteiger partial charge in [0.05, 0.1) is 0 Å². The number of hydrogen-bond acceptors (Lipinski definition) is 1. The summed E-state index contributed by atoms with van der Waals surface area (Å²) < 4.78 is 0. The van der Waals surface area contributed by atoms with Crippen LogP contribution in [0.25, 0.3) is 5.57 Å². The number of benzene rings is 1. The highest BCUT2D eigenvalue weighted by Gasteiger charge is 2.08. The molecule has 1 nitrogen and oxygen atoms in total. The van der Waals surface area contributed by atoms with Gasteiger partial charge in [0.25, 0.3) is 0 Å². The molecule has 0 saturated heterocycles. The van der Waals surface area contributed by atoms with Crippen LogP contribution in [-0.2, 0) is 4.79 Å². The molecular weight excluding hydrogens is 280 g/mol. The third kappa shape index (κ3) is 10.5. The minimum Gasteiger partial charge on any atom is -0.233 e. The van der Waals surface area contributed by atoms with Gasteiger partial charge in [-0.05, 0) is 56.7 Å². The summed E-state index contributed by atoms with van der Waals surface area (Å²) in [6.45, 7) is 18.1. The summed E-state index contributed by atoms with van der Waals surface area (Å²) >= 11 is 0. The van der Waals surface area contributed by atoms with Crippen molar-refractivity contribution in [2.75, 3.05) is 0 Å². The first-order valence-electron chi connectivity index (χ1n) is 8.44. The van der Waals surface area contributed by atoms with E-state index in [1.54, 1.807) is 6.92 Å². The fraction of sp³-hybridized carbons (Fsp3) is 0.455. The normalized spacial score (nSPS) is 10.6. The molecule has 0 fully saturated rings. The lowest BCUT2D eigenvalue weighted by Gasteiger charge is -2.13. The third-order valence-electron chi connectivity index (χ3n) is 3.24. The number of rotatable bonds is 4. The van der Waals surface area contributed by atoms with E-state index in [2.05, 4.69) is 46.4 Å². The average Bonchev–Trinajstić information content (AvgIpc) is 2.55. The third-order valence-corrected chi connectivity index (χ3v) is 3.24. The number of allylic oxidation sites excluding steroid dienone is 4. The fourth-order valence-corrected chi connectivity index (χ4v) is 1.90. The van der Waals surface area contributed by atoms with Crippen molar-refractivity contribution in [3.63, 3.8) is 0 Å². The van der Waals surface area contributed by atoms with Gasteiger partial charge in [-0.3, -0.25) is 0 Å². The molecule has 0 heterocycles. The van der Waals surface area contributed by atoms with Crippen LogP contribution in [0, 0.1) is 6.92 Å². The molecule has 1 unspecified atom stereocenters. The Hall–Kier alpha value is -1.85. The van der Waals surface area contributed by atoms with Crippen molar-refractivity contribution in [2.45, 2.75) is 67.2 Å². The number of hydrogen-bond donors (Lipinski definition) is 0. The van der Waals surface area contributed by atoms with E-state index < -0.39 is 0 Å². The van der Waals surface area contributed by atoms with Crippen LogP contribution < -0.4 is 0 Å². The van der Waals surface area contributed by atoms with Crippen molar-refractivity contribution in [1.82, 2.24) is 0 Å². The first-order chi connectivity index (χ1) is 10.9. The second kappa shape index (κ2) is 15.1. The highest BCUT2D eigenvalue weighted by atomic mass is 16.1. The zero-order valence-corrected chi connectivity index (χ0v) is 16.1. The number of aryl methyl sites for hydroxylation is 1. The molecule has 0 aliphatic carbocycles. The smallest absolute Gasteiger partial charge is 0.128 e. The Bertz CT molecular complexity index is 513. The summed E-state index contributed by atoms with van der Waals surface area (Å²) in [5, 5.41) is 0. The Morgan fingerprint density at radius 3 is 2.13 bits per heavy atom. The van der Waals surface area contributed by atoms with E-state index in [1.165, 1.54) is 17.5 Å². The maximum Gasteiger partial charge on any atom is 0.128 e. The fourth-order valence-electron chi connectivity index (χ4n) is 1.90. The van der Waals surface area contributed by atoms with E-state index in [9.17, 15) is 4.79 Å². The van der Waals surface area contributed by atoms with Crippen LogP contribution in [-0.4, -0.2) is 5.94 Å². The monoisotopic (exact) mass is 314 g/mol. The van der Waals surface area contributed by atoms with Gasteiger partial charge in [0.2, 0.25) is 0 Å². The summed E-state index contributed by atoms with van der Waals surface area (Å²) in [6.07, 6.45) is 8.16. The molecule has 1 rings (SSSR count). The molecule has 23 heavy (non-hydrogen) atoms. The average molecular weight is 315 g/mol. The zero-order chi connectivity index (χ0) is 18.3. The lowest BCUT2D eigenvalue weighted by molar-refractivity contribution is 0.569. The van der Waals surface area contributed by atoms with Gasteiger partial charge in [-0.25, -0.2) is 4.79 Å². The van der Waals surface area contributed by atoms with Gasteiger partial charge >= 0.3 is 0 Å². The van der Waals surface area contributed by atoms with E-state index in [0.29, 0.717) is 11.5 Å². The van der Waals surface area contributed by atoms with Crippen molar-refractivity contribution in [1.29, 1.82) is 0 Å². The molecule has 1 heteroatoms. The summed E-state index contributed by atoms with van der Waals surface area (Å²) in [5.41, 5.74) is 4.16. The predicted molar refractivity (Wildman–Crippen MR) is 106 cm³/mol. The highest BCUT2D eigenvalue weighted by molar-refractivity contribution is 5.86. The first kappa shape index (κ1) is 23.4. The molecule has 0 amide bonds. The van der Waals surface area contributed by atoms with Gasteiger partial charge < -0.3 is 0 Å². The second-order valence-electron chi connectivity index (χ2n) is 5.60. The maximum absolute atomic E-state index is 10.6. The molecule has 0 spiro atoms. The first-order valence-corrected chi connectivity index (χ1v) is 8.44. The minimum atomic E-state index is 0.479. The molecule has 0 radical (unpaired) electrons. The van der Waals surface area contributed by atoms with Crippen LogP contribution in [0.3, 0.4) is 0 Å². The Morgan fingerprint density at radius 2 is 1.78 bits per heavy atom. The van der Waals surface area contributed by atoms with Gasteiger partial charge in [-0.2, -0.15) is 0 Å². The van der Waals surface area contributed by atoms with E-state index in [4.69, 9.17) is 0 Å². The zero-order valence-electron chi connectivity index (χ0n) is 16.1. The molecule has 0 aromatic heterocycles. The standard InChI is InChI=1S/C15H18O.C4H8.C3H8/c1-5-6-11(2)15-8-7-14(9-12(15)3)13(4)10-16;1-3-4-2;1-3-2/h5,7-9,11H,1,6H2,2-4H3;3-4H,1-2H3;3H2,1-2H3/b;4-3+;. The topological polar surface area (TPSA) is 17.1 Å². The van der Waals surface area contributed by atoms with Crippen LogP contribution in [0.1, 0.15) is 77.0 Å². The van der Waals surface area contributed by atoms with E-state index in [1.807, 2.05) is 44.1 Å². The van der Waals surface area contributed by atoms with Gasteiger partial charge in [0.1, 0.15) is 5.94 Å². The predicted octanol–water partition coefficient (Wildman–Crippen LogP) is 6.91. The van der Waals surface area contributed by atoms with Crippen molar-refractivity contribution >= 4 is 11.5 Å². The van der Waals surface area contributed by atoms with E-state index >= 15 is 0 Å². The van der Waals surface area contributed by atoms with Crippen molar-refractivity contribution in [3.8, 4) is 0 Å². The molecule has 0 saturated carbocycles. The van der Waals surface area contributed by atoms with Gasteiger partial charge in [0, 0.05) is 5.57 Å². The minimum absolute atomic E-state index is 0.479. The van der Waals surface area contributed by atoms with Crippen molar-refractivity contribution < 1.29 is 4.79 Å². The Morgan fingerprint density at radius 1 is 1.26 bits per heavy atom. The highest BCUT2D eigenvalue weighted by Crippen LogP contribution is 2.25. The Labute approximate surface area is 143 Å². The van der Waals surface area contributed by atoms with Crippen LogP contribution in [0.15, 0.2) is 43.0 Å².